The number of hydrogen-bond donors (Lipinski definition) is 2. The summed E-state index contributed by atoms with van der Waals surface area (Å²) in [7, 11) is 0. The second-order valence-corrected chi connectivity index (χ2v) is 11.0. The molecule has 3 N–H and O–H groups in total. The van der Waals surface area contributed by atoms with Gasteiger partial charge < -0.3 is 30.3 Å². The third-order valence-electron chi connectivity index (χ3n) is 7.50. The van der Waals surface area contributed by atoms with Crippen LogP contribution in [0.1, 0.15) is 58.4 Å². The highest BCUT2D eigenvalue weighted by Crippen LogP contribution is 2.26. The summed E-state index contributed by atoms with van der Waals surface area (Å²) < 4.78 is 5.34. The quantitative estimate of drug-likeness (QED) is 0.457. The van der Waals surface area contributed by atoms with Gasteiger partial charge in [-0.15, -0.1) is 0 Å². The van der Waals surface area contributed by atoms with Gasteiger partial charge in [0.2, 0.25) is 5.91 Å². The molecule has 8 nitrogen and oxygen atoms in total. The molecule has 3 fully saturated rings. The van der Waals surface area contributed by atoms with Crippen molar-refractivity contribution >= 4 is 11.9 Å². The van der Waals surface area contributed by atoms with Crippen LogP contribution in [-0.4, -0.2) is 83.3 Å². The predicted octanol–water partition coefficient (Wildman–Crippen LogP) is 4.40. The molecule has 2 aliphatic heterocycles. The maximum absolute atomic E-state index is 12.0. The summed E-state index contributed by atoms with van der Waals surface area (Å²) in [4.78, 5) is 28.3. The highest BCUT2D eigenvalue weighted by molar-refractivity contribution is 5.77. The normalized spacial score (nSPS) is 20.8. The van der Waals surface area contributed by atoms with Gasteiger partial charge in [-0.2, -0.15) is 0 Å². The summed E-state index contributed by atoms with van der Waals surface area (Å²) in [6.07, 6.45) is 7.14. The summed E-state index contributed by atoms with van der Waals surface area (Å²) >= 11 is 0. The zero-order chi connectivity index (χ0) is 28.8. The fraction of sp³-hybridized carbons (Fsp3) is 0.613. The fourth-order valence-electron chi connectivity index (χ4n) is 4.85. The molecule has 0 atom stereocenters. The van der Waals surface area contributed by atoms with Crippen molar-refractivity contribution in [3.05, 3.63) is 61.0 Å². The van der Waals surface area contributed by atoms with E-state index >= 15 is 0 Å². The molecule has 3 aliphatic rings. The standard InChI is InChI=1S/C14H19N.C12H22N2O2.C5H9NO2/c1-4-15(13(2)3)12-8-11-14-9-6-5-7-10-14;1-10(2)14-6-5-13(12(14)15)9-11-3-7-16-8-4-11;6-5(8)3-1-4(7)2-3/h4-7,9-10H,1-2,8,11-12H2,3H3;10-11H,3-9H2,1-2H3;3-4,7H,1-2H2,(H2,6,8). The topological polar surface area (TPSA) is 99.3 Å². The predicted molar refractivity (Wildman–Crippen MR) is 157 cm³/mol. The molecule has 2 saturated heterocycles. The van der Waals surface area contributed by atoms with E-state index in [1.807, 2.05) is 29.0 Å². The van der Waals surface area contributed by atoms with Crippen LogP contribution in [0, 0.1) is 11.8 Å². The summed E-state index contributed by atoms with van der Waals surface area (Å²) in [5.74, 6) is 0.310. The third-order valence-corrected chi connectivity index (χ3v) is 7.50. The molecule has 0 spiro atoms. The number of nitrogens with two attached hydrogens (primary N) is 1. The Kier molecular flexibility index (Phi) is 14.1. The van der Waals surface area contributed by atoms with Crippen molar-refractivity contribution in [1.82, 2.24) is 14.7 Å². The number of urea groups is 1. The molecule has 0 unspecified atom stereocenters. The Morgan fingerprint density at radius 3 is 2.31 bits per heavy atom. The van der Waals surface area contributed by atoms with Crippen molar-refractivity contribution in [3.8, 4) is 0 Å². The lowest BCUT2D eigenvalue weighted by molar-refractivity contribution is -0.128. The van der Waals surface area contributed by atoms with Crippen molar-refractivity contribution in [2.45, 2.75) is 71.4 Å². The average Bonchev–Trinajstić information content (AvgIpc) is 3.26. The van der Waals surface area contributed by atoms with Crippen LogP contribution < -0.4 is 5.73 Å². The molecule has 4 rings (SSSR count). The lowest BCUT2D eigenvalue weighted by atomic mass is 9.82. The number of benzene rings is 1. The Labute approximate surface area is 235 Å². The number of rotatable bonds is 10. The highest BCUT2D eigenvalue weighted by atomic mass is 16.5. The molecule has 1 aromatic carbocycles. The Hall–Kier alpha value is -2.84. The SMILES string of the molecule is C=CN(CCCc1ccccc1)C(=C)C.CC(C)N1CCN(CC2CCOCC2)C1=O.NC(=O)C1CC(O)C1. The third kappa shape index (κ3) is 11.4. The minimum atomic E-state index is -0.282. The smallest absolute Gasteiger partial charge is 0.320 e. The lowest BCUT2D eigenvalue weighted by Gasteiger charge is -2.28. The Balaban J connectivity index is 0.000000216. The fourth-order valence-corrected chi connectivity index (χ4v) is 4.85. The number of amides is 3. The van der Waals surface area contributed by atoms with E-state index < -0.39 is 0 Å². The number of aliphatic hydroxyl groups excluding tert-OH is 1. The van der Waals surface area contributed by atoms with Gasteiger partial charge >= 0.3 is 6.03 Å². The monoisotopic (exact) mass is 542 g/mol. The molecule has 0 bridgehead atoms. The van der Waals surface area contributed by atoms with E-state index in [9.17, 15) is 9.59 Å². The van der Waals surface area contributed by atoms with Crippen LogP contribution in [0.25, 0.3) is 0 Å². The number of ether oxygens (including phenoxy) is 1. The Morgan fingerprint density at radius 1 is 1.21 bits per heavy atom. The summed E-state index contributed by atoms with van der Waals surface area (Å²) in [6, 6.07) is 11.1. The number of primary amides is 1. The van der Waals surface area contributed by atoms with Crippen molar-refractivity contribution in [2.75, 3.05) is 39.4 Å². The Bertz CT molecular complexity index is 895. The number of nitrogens with zero attached hydrogens (tertiary/aromatic N) is 3. The largest absolute Gasteiger partial charge is 0.393 e. The minimum Gasteiger partial charge on any atom is -0.393 e. The molecule has 39 heavy (non-hydrogen) atoms. The molecular weight excluding hydrogens is 492 g/mol. The van der Waals surface area contributed by atoms with Crippen molar-refractivity contribution < 1.29 is 19.4 Å². The average molecular weight is 543 g/mol. The van der Waals surface area contributed by atoms with Gasteiger partial charge in [0.05, 0.1) is 6.10 Å². The Morgan fingerprint density at radius 2 is 1.85 bits per heavy atom. The van der Waals surface area contributed by atoms with Gasteiger partial charge in [-0.3, -0.25) is 4.79 Å². The van der Waals surface area contributed by atoms with Gasteiger partial charge in [0.15, 0.2) is 0 Å². The summed E-state index contributed by atoms with van der Waals surface area (Å²) in [5.41, 5.74) is 7.36. The van der Waals surface area contributed by atoms with Crippen LogP contribution in [0.4, 0.5) is 4.79 Å². The van der Waals surface area contributed by atoms with Gasteiger partial charge in [-0.05, 0) is 77.0 Å². The molecule has 1 aromatic rings. The molecule has 2 heterocycles. The molecule has 8 heteroatoms. The second kappa shape index (κ2) is 17.0. The maximum atomic E-state index is 12.0. The number of aryl methyl sites for hydroxylation is 1. The van der Waals surface area contributed by atoms with Crippen LogP contribution in [0.3, 0.4) is 0 Å². The van der Waals surface area contributed by atoms with Gasteiger partial charge in [0.25, 0.3) is 0 Å². The number of allylic oxidation sites excluding steroid dienone is 1. The first-order valence-electron chi connectivity index (χ1n) is 14.3. The second-order valence-electron chi connectivity index (χ2n) is 11.0. The van der Waals surface area contributed by atoms with Gasteiger partial charge in [0, 0.05) is 57.0 Å². The van der Waals surface area contributed by atoms with Crippen LogP contribution >= 0.6 is 0 Å². The molecule has 3 amide bonds. The first kappa shape index (κ1) is 32.4. The molecule has 1 saturated carbocycles. The zero-order valence-electron chi connectivity index (χ0n) is 24.3. The van der Waals surface area contributed by atoms with E-state index in [-0.39, 0.29) is 24.0 Å². The van der Waals surface area contributed by atoms with E-state index in [2.05, 4.69) is 56.2 Å². The van der Waals surface area contributed by atoms with Crippen LogP contribution in [0.5, 0.6) is 0 Å². The van der Waals surface area contributed by atoms with Gasteiger partial charge in [0.1, 0.15) is 0 Å². The van der Waals surface area contributed by atoms with Crippen molar-refractivity contribution in [2.24, 2.45) is 17.6 Å². The van der Waals surface area contributed by atoms with Crippen molar-refractivity contribution in [3.63, 3.8) is 0 Å². The number of aliphatic hydroxyl groups is 1. The van der Waals surface area contributed by atoms with E-state index in [0.717, 1.165) is 70.8 Å². The van der Waals surface area contributed by atoms with E-state index in [1.54, 1.807) is 0 Å². The van der Waals surface area contributed by atoms with E-state index in [4.69, 9.17) is 15.6 Å². The first-order valence-corrected chi connectivity index (χ1v) is 14.3. The highest BCUT2D eigenvalue weighted by Gasteiger charge is 2.32. The number of carbonyl (C=O) groups excluding carboxylic acids is 2. The summed E-state index contributed by atoms with van der Waals surface area (Å²) in [6.45, 7) is 19.3. The van der Waals surface area contributed by atoms with E-state index in [0.29, 0.717) is 24.8 Å². The van der Waals surface area contributed by atoms with Gasteiger partial charge in [-0.1, -0.05) is 43.5 Å². The molecule has 218 valence electrons. The first-order chi connectivity index (χ1) is 18.6. The van der Waals surface area contributed by atoms with Gasteiger partial charge in [-0.25, -0.2) is 4.79 Å². The molecule has 0 radical (unpaired) electrons. The molecule has 1 aliphatic carbocycles. The van der Waals surface area contributed by atoms with Crippen LogP contribution in [0.2, 0.25) is 0 Å². The molecule has 0 aromatic heterocycles. The van der Waals surface area contributed by atoms with Crippen LogP contribution in [-0.2, 0) is 16.0 Å². The van der Waals surface area contributed by atoms with Crippen molar-refractivity contribution in [1.29, 1.82) is 0 Å². The number of hydrogen-bond acceptors (Lipinski definition) is 5. The summed E-state index contributed by atoms with van der Waals surface area (Å²) in [5, 5.41) is 8.66. The van der Waals surface area contributed by atoms with E-state index in [1.165, 1.54) is 5.56 Å². The number of carbonyl (C=O) groups is 2. The van der Waals surface area contributed by atoms with Crippen LogP contribution in [0.15, 0.2) is 55.4 Å². The molecular formula is C31H50N4O4. The lowest BCUT2D eigenvalue weighted by Crippen LogP contribution is -2.39. The minimum absolute atomic E-state index is 0.0509. The zero-order valence-corrected chi connectivity index (χ0v) is 24.3. The maximum Gasteiger partial charge on any atom is 0.320 e.